The van der Waals surface area contributed by atoms with E-state index < -0.39 is 6.04 Å². The van der Waals surface area contributed by atoms with Crippen molar-refractivity contribution in [1.82, 2.24) is 16.0 Å². The van der Waals surface area contributed by atoms with Crippen molar-refractivity contribution in [3.63, 3.8) is 0 Å². The Labute approximate surface area is 102 Å². The molecule has 0 bridgehead atoms. The molecule has 0 aromatic rings. The van der Waals surface area contributed by atoms with Crippen LogP contribution >= 0.6 is 0 Å². The van der Waals surface area contributed by atoms with Crippen LogP contribution in [0.15, 0.2) is 12.7 Å². The highest BCUT2D eigenvalue weighted by atomic mass is 16.5. The molecule has 98 valence electrons. The Kier molecular flexibility index (Phi) is 8.99. The van der Waals surface area contributed by atoms with Crippen LogP contribution in [0.5, 0.6) is 0 Å². The summed E-state index contributed by atoms with van der Waals surface area (Å²) in [6.45, 7) is 6.76. The van der Waals surface area contributed by atoms with E-state index in [9.17, 15) is 9.59 Å². The first kappa shape index (κ1) is 15.6. The molecule has 0 aromatic carbocycles. The number of hydrogen-bond donors (Lipinski definition) is 3. The highest BCUT2D eigenvalue weighted by molar-refractivity contribution is 5.87. The summed E-state index contributed by atoms with van der Waals surface area (Å²) in [6.07, 6.45) is 1.66. The molecule has 3 N–H and O–H groups in total. The molecular weight excluding hydrogens is 222 g/mol. The fraction of sp³-hybridized carbons (Fsp3) is 0.636. The largest absolute Gasteiger partial charge is 0.383 e. The summed E-state index contributed by atoms with van der Waals surface area (Å²) in [5.41, 5.74) is 0. The zero-order valence-electron chi connectivity index (χ0n) is 10.4. The maximum atomic E-state index is 11.5. The van der Waals surface area contributed by atoms with E-state index in [0.29, 0.717) is 19.7 Å². The summed E-state index contributed by atoms with van der Waals surface area (Å²) in [7, 11) is 1.56. The number of ether oxygens (including phenoxy) is 1. The minimum atomic E-state index is -0.551. The SMILES string of the molecule is C=CCNCC(=O)NC(C)C(=O)NCCOC. The molecule has 0 radical (unpaired) electrons. The predicted molar refractivity (Wildman–Crippen MR) is 65.6 cm³/mol. The molecule has 0 aliphatic rings. The van der Waals surface area contributed by atoms with Crippen molar-refractivity contribution in [3.8, 4) is 0 Å². The van der Waals surface area contributed by atoms with Gasteiger partial charge in [0.2, 0.25) is 11.8 Å². The van der Waals surface area contributed by atoms with E-state index >= 15 is 0 Å². The Balaban J connectivity index is 3.74. The van der Waals surface area contributed by atoms with Crippen molar-refractivity contribution in [3.05, 3.63) is 12.7 Å². The smallest absolute Gasteiger partial charge is 0.242 e. The summed E-state index contributed by atoms with van der Waals surface area (Å²) in [6, 6.07) is -0.551. The molecule has 1 unspecified atom stereocenters. The molecule has 0 aliphatic heterocycles. The number of carbonyl (C=O) groups is 2. The first-order chi connectivity index (χ1) is 8.11. The number of rotatable bonds is 9. The number of nitrogens with one attached hydrogen (secondary N) is 3. The zero-order chi connectivity index (χ0) is 13.1. The van der Waals surface area contributed by atoms with Gasteiger partial charge in [-0.3, -0.25) is 9.59 Å². The van der Waals surface area contributed by atoms with E-state index in [1.807, 2.05) is 0 Å². The maximum absolute atomic E-state index is 11.5. The van der Waals surface area contributed by atoms with E-state index in [-0.39, 0.29) is 18.4 Å². The summed E-state index contributed by atoms with van der Waals surface area (Å²) >= 11 is 0. The van der Waals surface area contributed by atoms with E-state index in [1.54, 1.807) is 20.1 Å². The molecule has 1 atom stereocenters. The number of amides is 2. The average Bonchev–Trinajstić information content (AvgIpc) is 2.29. The maximum Gasteiger partial charge on any atom is 0.242 e. The lowest BCUT2D eigenvalue weighted by atomic mass is 10.3. The second kappa shape index (κ2) is 9.80. The lowest BCUT2D eigenvalue weighted by Crippen LogP contribution is -2.47. The van der Waals surface area contributed by atoms with Gasteiger partial charge < -0.3 is 20.7 Å². The Morgan fingerprint density at radius 1 is 1.47 bits per heavy atom. The molecule has 0 heterocycles. The van der Waals surface area contributed by atoms with Gasteiger partial charge in [-0.25, -0.2) is 0 Å². The van der Waals surface area contributed by atoms with Crippen molar-refractivity contribution < 1.29 is 14.3 Å². The van der Waals surface area contributed by atoms with Gasteiger partial charge in [-0.15, -0.1) is 6.58 Å². The van der Waals surface area contributed by atoms with Crippen LogP contribution < -0.4 is 16.0 Å². The van der Waals surface area contributed by atoms with Gasteiger partial charge in [-0.05, 0) is 6.92 Å². The van der Waals surface area contributed by atoms with Crippen LogP contribution in [0, 0.1) is 0 Å². The van der Waals surface area contributed by atoms with E-state index in [4.69, 9.17) is 4.74 Å². The zero-order valence-corrected chi connectivity index (χ0v) is 10.4. The van der Waals surface area contributed by atoms with Gasteiger partial charge in [0, 0.05) is 20.2 Å². The van der Waals surface area contributed by atoms with Gasteiger partial charge in [0.05, 0.1) is 13.2 Å². The fourth-order valence-corrected chi connectivity index (χ4v) is 1.08. The summed E-state index contributed by atoms with van der Waals surface area (Å²) < 4.78 is 4.80. The van der Waals surface area contributed by atoms with E-state index in [0.717, 1.165) is 0 Å². The molecule has 0 spiro atoms. The molecule has 0 aromatic heterocycles. The highest BCUT2D eigenvalue weighted by Gasteiger charge is 2.14. The van der Waals surface area contributed by atoms with Crippen LogP contribution in [0.2, 0.25) is 0 Å². The Morgan fingerprint density at radius 2 is 2.18 bits per heavy atom. The lowest BCUT2D eigenvalue weighted by Gasteiger charge is -2.14. The van der Waals surface area contributed by atoms with Gasteiger partial charge in [0.15, 0.2) is 0 Å². The van der Waals surface area contributed by atoms with Crippen LogP contribution in [-0.4, -0.2) is 51.2 Å². The van der Waals surface area contributed by atoms with E-state index in [1.165, 1.54) is 0 Å². The number of methoxy groups -OCH3 is 1. The number of hydrogen-bond acceptors (Lipinski definition) is 4. The molecule has 6 nitrogen and oxygen atoms in total. The summed E-state index contributed by atoms with van der Waals surface area (Å²) in [5, 5.41) is 8.07. The molecular formula is C11H21N3O3. The molecule has 2 amide bonds. The first-order valence-electron chi connectivity index (χ1n) is 5.49. The van der Waals surface area contributed by atoms with Crippen molar-refractivity contribution in [2.45, 2.75) is 13.0 Å². The van der Waals surface area contributed by atoms with Gasteiger partial charge in [0.1, 0.15) is 6.04 Å². The second-order valence-corrected chi connectivity index (χ2v) is 3.49. The Bertz CT molecular complexity index is 256. The average molecular weight is 243 g/mol. The van der Waals surface area contributed by atoms with Crippen LogP contribution in [0.4, 0.5) is 0 Å². The van der Waals surface area contributed by atoms with Crippen molar-refractivity contribution in [2.75, 3.05) is 33.4 Å². The third kappa shape index (κ3) is 8.41. The van der Waals surface area contributed by atoms with E-state index in [2.05, 4.69) is 22.5 Å². The minimum absolute atomic E-state index is 0.168. The van der Waals surface area contributed by atoms with Crippen LogP contribution in [0.3, 0.4) is 0 Å². The lowest BCUT2D eigenvalue weighted by molar-refractivity contribution is -0.128. The van der Waals surface area contributed by atoms with Gasteiger partial charge in [-0.1, -0.05) is 6.08 Å². The van der Waals surface area contributed by atoms with Crippen LogP contribution in [0.1, 0.15) is 6.92 Å². The van der Waals surface area contributed by atoms with Gasteiger partial charge >= 0.3 is 0 Å². The van der Waals surface area contributed by atoms with Crippen molar-refractivity contribution in [2.24, 2.45) is 0 Å². The standard InChI is InChI=1S/C11H21N3O3/c1-4-5-12-8-10(15)14-9(2)11(16)13-6-7-17-3/h4,9,12H,1,5-8H2,2-3H3,(H,13,16)(H,14,15). The second-order valence-electron chi connectivity index (χ2n) is 3.49. The molecule has 6 heteroatoms. The monoisotopic (exact) mass is 243 g/mol. The normalized spacial score (nSPS) is 11.6. The van der Waals surface area contributed by atoms with Gasteiger partial charge in [-0.2, -0.15) is 0 Å². The Morgan fingerprint density at radius 3 is 2.76 bits per heavy atom. The Hall–Kier alpha value is -1.40. The van der Waals surface area contributed by atoms with Crippen LogP contribution in [0.25, 0.3) is 0 Å². The molecule has 0 saturated heterocycles. The molecule has 0 fully saturated rings. The van der Waals surface area contributed by atoms with Crippen molar-refractivity contribution >= 4 is 11.8 Å². The fourth-order valence-electron chi connectivity index (χ4n) is 1.08. The van der Waals surface area contributed by atoms with Crippen molar-refractivity contribution in [1.29, 1.82) is 0 Å². The molecule has 0 rings (SSSR count). The number of carbonyl (C=O) groups excluding carboxylic acids is 2. The first-order valence-corrected chi connectivity index (χ1v) is 5.49. The topological polar surface area (TPSA) is 79.5 Å². The van der Waals surface area contributed by atoms with Crippen LogP contribution in [-0.2, 0) is 14.3 Å². The quantitative estimate of drug-likeness (QED) is 0.359. The third-order valence-corrected chi connectivity index (χ3v) is 1.95. The third-order valence-electron chi connectivity index (χ3n) is 1.95. The predicted octanol–water partition coefficient (Wildman–Crippen LogP) is -0.971. The van der Waals surface area contributed by atoms with Gasteiger partial charge in [0.25, 0.3) is 0 Å². The summed E-state index contributed by atoms with van der Waals surface area (Å²) in [4.78, 5) is 22.8. The highest BCUT2D eigenvalue weighted by Crippen LogP contribution is 1.82. The molecule has 17 heavy (non-hydrogen) atoms. The minimum Gasteiger partial charge on any atom is -0.383 e. The molecule has 0 saturated carbocycles. The summed E-state index contributed by atoms with van der Waals surface area (Å²) in [5.74, 6) is -0.444. The molecule has 0 aliphatic carbocycles.